The molecule has 8 nitrogen and oxygen atoms in total. The van der Waals surface area contributed by atoms with Gasteiger partial charge in [0.05, 0.1) is 0 Å². The second kappa shape index (κ2) is 7.12. The summed E-state index contributed by atoms with van der Waals surface area (Å²) in [5.41, 5.74) is 0.472. The molecule has 24 heavy (non-hydrogen) atoms. The van der Waals surface area contributed by atoms with Crippen molar-refractivity contribution >= 4 is 23.6 Å². The van der Waals surface area contributed by atoms with E-state index in [-0.39, 0.29) is 24.6 Å². The number of phenolic OH excluding ortho intramolecular Hbond substituents is 1. The zero-order chi connectivity index (χ0) is 17.9. The highest BCUT2D eigenvalue weighted by atomic mass is 16.3. The molecule has 0 aliphatic carbocycles. The van der Waals surface area contributed by atoms with Gasteiger partial charge in [-0.05, 0) is 31.5 Å². The van der Waals surface area contributed by atoms with Crippen LogP contribution in [0.4, 0.5) is 4.79 Å². The van der Waals surface area contributed by atoms with Crippen molar-refractivity contribution in [3.8, 4) is 5.75 Å². The van der Waals surface area contributed by atoms with Crippen LogP contribution in [0.15, 0.2) is 24.3 Å². The van der Waals surface area contributed by atoms with Crippen LogP contribution in [0.5, 0.6) is 5.75 Å². The van der Waals surface area contributed by atoms with Crippen LogP contribution in [0.1, 0.15) is 25.5 Å². The minimum Gasteiger partial charge on any atom is -0.508 e. The van der Waals surface area contributed by atoms with Gasteiger partial charge in [-0.2, -0.15) is 0 Å². The molecule has 1 fully saturated rings. The molecule has 1 atom stereocenters. The van der Waals surface area contributed by atoms with Crippen LogP contribution in [0.3, 0.4) is 0 Å². The molecule has 1 heterocycles. The van der Waals surface area contributed by atoms with Crippen molar-refractivity contribution in [3.63, 3.8) is 0 Å². The highest BCUT2D eigenvalue weighted by Crippen LogP contribution is 2.18. The minimum absolute atomic E-state index is 0.0313. The second-order valence-electron chi connectivity index (χ2n) is 5.43. The largest absolute Gasteiger partial charge is 0.508 e. The molecule has 0 saturated carbocycles. The van der Waals surface area contributed by atoms with E-state index in [4.69, 9.17) is 0 Å². The number of rotatable bonds is 4. The lowest BCUT2D eigenvalue weighted by Crippen LogP contribution is -2.58. The van der Waals surface area contributed by atoms with Crippen molar-refractivity contribution in [2.75, 3.05) is 19.6 Å². The van der Waals surface area contributed by atoms with Crippen molar-refractivity contribution in [2.45, 2.75) is 19.9 Å². The van der Waals surface area contributed by atoms with Crippen LogP contribution in [0, 0.1) is 0 Å². The van der Waals surface area contributed by atoms with Gasteiger partial charge in [-0.15, -0.1) is 0 Å². The summed E-state index contributed by atoms with van der Waals surface area (Å²) in [6.07, 6.45) is 0. The Morgan fingerprint density at radius 3 is 2.33 bits per heavy atom. The maximum absolute atomic E-state index is 12.3. The van der Waals surface area contributed by atoms with Gasteiger partial charge in [0.1, 0.15) is 11.8 Å². The van der Waals surface area contributed by atoms with Gasteiger partial charge < -0.3 is 15.3 Å². The van der Waals surface area contributed by atoms with E-state index in [0.717, 1.165) is 4.90 Å². The molecule has 4 amide bonds. The Morgan fingerprint density at radius 2 is 1.79 bits per heavy atom. The fourth-order valence-corrected chi connectivity index (χ4v) is 2.46. The SMILES string of the molecule is CCN1CCN(C(=O)N[C@@H](C(C)=O)c2ccc(O)cc2)C(=O)C1=O. The van der Waals surface area contributed by atoms with E-state index >= 15 is 0 Å². The number of piperazine rings is 1. The summed E-state index contributed by atoms with van der Waals surface area (Å²) in [5, 5.41) is 11.8. The summed E-state index contributed by atoms with van der Waals surface area (Å²) < 4.78 is 0. The molecule has 0 spiro atoms. The van der Waals surface area contributed by atoms with Crippen molar-refractivity contribution in [1.29, 1.82) is 0 Å². The van der Waals surface area contributed by atoms with E-state index in [1.807, 2.05) is 0 Å². The number of hydrogen-bond acceptors (Lipinski definition) is 5. The number of aromatic hydroxyl groups is 1. The second-order valence-corrected chi connectivity index (χ2v) is 5.43. The van der Waals surface area contributed by atoms with Gasteiger partial charge in [0.15, 0.2) is 5.78 Å². The molecule has 0 aromatic heterocycles. The number of amides is 4. The maximum Gasteiger partial charge on any atom is 0.325 e. The van der Waals surface area contributed by atoms with Crippen molar-refractivity contribution in [1.82, 2.24) is 15.1 Å². The van der Waals surface area contributed by atoms with Crippen LogP contribution in [0.25, 0.3) is 0 Å². The van der Waals surface area contributed by atoms with Crippen LogP contribution in [0.2, 0.25) is 0 Å². The number of Topliss-reactive ketones (excluding diaryl/α,β-unsaturated/α-hetero) is 1. The lowest BCUT2D eigenvalue weighted by Gasteiger charge is -2.32. The Kier molecular flexibility index (Phi) is 5.18. The fraction of sp³-hybridized carbons (Fsp3) is 0.375. The Bertz CT molecular complexity index is 671. The molecule has 0 bridgehead atoms. The van der Waals surface area contributed by atoms with Crippen LogP contribution in [-0.2, 0) is 14.4 Å². The van der Waals surface area contributed by atoms with Gasteiger partial charge >= 0.3 is 17.8 Å². The topological polar surface area (TPSA) is 107 Å². The zero-order valence-electron chi connectivity index (χ0n) is 13.5. The summed E-state index contributed by atoms with van der Waals surface area (Å²) in [6.45, 7) is 3.78. The molecule has 2 rings (SSSR count). The normalized spacial score (nSPS) is 16.1. The van der Waals surface area contributed by atoms with Crippen molar-refractivity contribution in [3.05, 3.63) is 29.8 Å². The molecule has 1 aromatic carbocycles. The Balaban J connectivity index is 2.14. The highest BCUT2D eigenvalue weighted by Gasteiger charge is 2.36. The molecule has 1 saturated heterocycles. The summed E-state index contributed by atoms with van der Waals surface area (Å²) in [7, 11) is 0. The first-order chi connectivity index (χ1) is 11.3. The number of benzene rings is 1. The third kappa shape index (κ3) is 3.53. The van der Waals surface area contributed by atoms with Crippen molar-refractivity contribution in [2.24, 2.45) is 0 Å². The first-order valence-electron chi connectivity index (χ1n) is 7.55. The van der Waals surface area contributed by atoms with Crippen LogP contribution >= 0.6 is 0 Å². The van der Waals surface area contributed by atoms with E-state index in [1.54, 1.807) is 6.92 Å². The lowest BCUT2D eigenvalue weighted by atomic mass is 10.0. The quantitative estimate of drug-likeness (QED) is 0.777. The number of urea groups is 1. The first kappa shape index (κ1) is 17.5. The predicted molar refractivity (Wildman–Crippen MR) is 84.0 cm³/mol. The third-order valence-electron chi connectivity index (χ3n) is 3.84. The van der Waals surface area contributed by atoms with E-state index < -0.39 is 23.9 Å². The number of phenols is 1. The number of nitrogens with one attached hydrogen (secondary N) is 1. The van der Waals surface area contributed by atoms with Crippen LogP contribution < -0.4 is 5.32 Å². The van der Waals surface area contributed by atoms with Gasteiger partial charge in [-0.3, -0.25) is 19.3 Å². The van der Waals surface area contributed by atoms with Crippen LogP contribution in [-0.4, -0.2) is 58.2 Å². The smallest absolute Gasteiger partial charge is 0.325 e. The number of carbonyl (C=O) groups excluding carboxylic acids is 4. The molecule has 0 radical (unpaired) electrons. The predicted octanol–water partition coefficient (Wildman–Crippen LogP) is 0.423. The summed E-state index contributed by atoms with van der Waals surface area (Å²) in [5.74, 6) is -1.94. The van der Waals surface area contributed by atoms with Gasteiger partial charge in [-0.25, -0.2) is 4.79 Å². The summed E-state index contributed by atoms with van der Waals surface area (Å²) >= 11 is 0. The Morgan fingerprint density at radius 1 is 1.17 bits per heavy atom. The molecular weight excluding hydrogens is 314 g/mol. The standard InChI is InChI=1S/C16H19N3O5/c1-3-18-8-9-19(15(23)14(18)22)16(24)17-13(10(2)20)11-4-6-12(21)7-5-11/h4-7,13,21H,3,8-9H2,1-2H3,(H,17,24)/t13-/m0/s1. The number of ketones is 1. The number of imide groups is 1. The molecule has 2 N–H and O–H groups in total. The lowest BCUT2D eigenvalue weighted by molar-refractivity contribution is -0.153. The van der Waals surface area contributed by atoms with E-state index in [1.165, 1.54) is 36.1 Å². The third-order valence-corrected chi connectivity index (χ3v) is 3.84. The fourth-order valence-electron chi connectivity index (χ4n) is 2.46. The van der Waals surface area contributed by atoms with E-state index in [2.05, 4.69) is 5.32 Å². The number of carbonyl (C=O) groups is 4. The molecule has 1 aliphatic heterocycles. The number of hydrogen-bond donors (Lipinski definition) is 2. The molecule has 8 heteroatoms. The Labute approximate surface area is 139 Å². The van der Waals surface area contributed by atoms with Gasteiger partial charge in [0.2, 0.25) is 0 Å². The molecule has 128 valence electrons. The minimum atomic E-state index is -0.967. The number of likely N-dealkylation sites (N-methyl/N-ethyl adjacent to an activating group) is 1. The monoisotopic (exact) mass is 333 g/mol. The summed E-state index contributed by atoms with van der Waals surface area (Å²) in [6, 6.07) is 4.04. The highest BCUT2D eigenvalue weighted by molar-refractivity contribution is 6.38. The van der Waals surface area contributed by atoms with Crippen molar-refractivity contribution < 1.29 is 24.3 Å². The average molecular weight is 333 g/mol. The van der Waals surface area contributed by atoms with E-state index in [9.17, 15) is 24.3 Å². The van der Waals surface area contributed by atoms with Gasteiger partial charge in [0.25, 0.3) is 0 Å². The zero-order valence-corrected chi connectivity index (χ0v) is 13.5. The van der Waals surface area contributed by atoms with E-state index in [0.29, 0.717) is 12.1 Å². The maximum atomic E-state index is 12.3. The molecule has 1 aliphatic rings. The summed E-state index contributed by atoms with van der Waals surface area (Å²) in [4.78, 5) is 50.2. The average Bonchev–Trinajstić information content (AvgIpc) is 2.55. The molecule has 0 unspecified atom stereocenters. The molecular formula is C16H19N3O5. The van der Waals surface area contributed by atoms with Gasteiger partial charge in [-0.1, -0.05) is 12.1 Å². The Hall–Kier alpha value is -2.90. The first-order valence-corrected chi connectivity index (χ1v) is 7.55. The number of nitrogens with zero attached hydrogens (tertiary/aromatic N) is 2. The molecule has 1 aromatic rings. The van der Waals surface area contributed by atoms with Gasteiger partial charge in [0, 0.05) is 19.6 Å².